The summed E-state index contributed by atoms with van der Waals surface area (Å²) >= 11 is 0. The quantitative estimate of drug-likeness (QED) is 0.224. The number of ketones is 1. The smallest absolute Gasteiger partial charge is 0.193 e. The zero-order valence-electron chi connectivity index (χ0n) is 27.1. The fourth-order valence-corrected chi connectivity index (χ4v) is 8.00. The molecule has 0 aromatic heterocycles. The molecule has 1 saturated carbocycles. The predicted octanol–water partition coefficient (Wildman–Crippen LogP) is 5.07. The molecule has 3 aliphatic carbocycles. The number of allylic oxidation sites excluding steroid dienone is 2. The second-order valence-electron chi connectivity index (χ2n) is 14.1. The maximum absolute atomic E-state index is 14.3. The molecule has 4 aliphatic rings. The summed E-state index contributed by atoms with van der Waals surface area (Å²) in [5.41, 5.74) is 1.17. The Labute approximate surface area is 270 Å². The van der Waals surface area contributed by atoms with Crippen LogP contribution in [0.5, 0.6) is 0 Å². The molecular formula is C37H49F2NO6. The van der Waals surface area contributed by atoms with Gasteiger partial charge in [0.15, 0.2) is 17.4 Å². The van der Waals surface area contributed by atoms with E-state index in [4.69, 9.17) is 4.74 Å². The minimum atomic E-state index is -1.21. The Morgan fingerprint density at radius 1 is 1.11 bits per heavy atom. The molecule has 252 valence electrons. The second-order valence-corrected chi connectivity index (χ2v) is 14.1. The normalized spacial score (nSPS) is 29.4. The molecule has 2 fully saturated rings. The van der Waals surface area contributed by atoms with Crippen LogP contribution < -0.4 is 0 Å². The molecule has 0 spiro atoms. The lowest BCUT2D eigenvalue weighted by molar-refractivity contribution is -0.0945. The molecule has 1 aliphatic heterocycles. The van der Waals surface area contributed by atoms with Crippen LogP contribution in [0.25, 0.3) is 0 Å². The molecule has 1 saturated heterocycles. The van der Waals surface area contributed by atoms with Crippen molar-refractivity contribution >= 4 is 5.78 Å². The van der Waals surface area contributed by atoms with Gasteiger partial charge in [0.1, 0.15) is 0 Å². The zero-order chi connectivity index (χ0) is 33.1. The number of ether oxygens (including phenoxy) is 1. The first-order valence-electron chi connectivity index (χ1n) is 16.7. The molecular weight excluding hydrogens is 592 g/mol. The van der Waals surface area contributed by atoms with Gasteiger partial charge < -0.3 is 25.2 Å². The van der Waals surface area contributed by atoms with Gasteiger partial charge in [0, 0.05) is 42.8 Å². The minimum Gasteiger partial charge on any atom is -0.394 e. The number of hydrogen-bond acceptors (Lipinski definition) is 7. The van der Waals surface area contributed by atoms with E-state index in [1.54, 1.807) is 6.07 Å². The summed E-state index contributed by atoms with van der Waals surface area (Å²) < 4.78 is 34.0. The standard InChI is InChI=1S/C37H49F2NO6/c1-24-5-3-14-36(2)32(13-15-37(36,45)23-40(20-28(43)22-41)21-29-6-4-16-46-29)30-11-8-25(17-27(42)10-7-24)18-31(30)35(44)26-9-12-33(38)34(39)19-26/h5,8-9,11-12,18-19,27-29,32,41-43,45H,3-4,6-7,10,13-17,20-23H2,1-2H3/t27-,28-,29+,32-,36-,37+/m0/s1. The highest BCUT2D eigenvalue weighted by Gasteiger charge is 2.57. The Bertz CT molecular complexity index is 1410. The zero-order valence-corrected chi connectivity index (χ0v) is 27.1. The van der Waals surface area contributed by atoms with Crippen LogP contribution in [0.15, 0.2) is 48.0 Å². The summed E-state index contributed by atoms with van der Waals surface area (Å²) in [4.78, 5) is 16.1. The molecule has 0 radical (unpaired) electrons. The lowest BCUT2D eigenvalue weighted by Crippen LogP contribution is -2.55. The first kappa shape index (κ1) is 34.8. The van der Waals surface area contributed by atoms with Gasteiger partial charge in [0.05, 0.1) is 30.5 Å². The maximum Gasteiger partial charge on any atom is 0.193 e. The monoisotopic (exact) mass is 641 g/mol. The van der Waals surface area contributed by atoms with E-state index >= 15 is 0 Å². The minimum absolute atomic E-state index is 0.0164. The van der Waals surface area contributed by atoms with Gasteiger partial charge >= 0.3 is 0 Å². The first-order valence-corrected chi connectivity index (χ1v) is 16.7. The number of carbonyl (C=O) groups is 1. The van der Waals surface area contributed by atoms with E-state index in [0.717, 1.165) is 42.5 Å². The molecule has 1 heterocycles. The predicted molar refractivity (Wildman–Crippen MR) is 172 cm³/mol. The topological polar surface area (TPSA) is 110 Å². The third-order valence-corrected chi connectivity index (χ3v) is 10.7. The van der Waals surface area contributed by atoms with Crippen LogP contribution in [-0.2, 0) is 11.2 Å². The first-order chi connectivity index (χ1) is 21.9. The highest BCUT2D eigenvalue weighted by molar-refractivity contribution is 6.10. The van der Waals surface area contributed by atoms with E-state index in [1.807, 2.05) is 17.0 Å². The number of benzene rings is 2. The largest absolute Gasteiger partial charge is 0.394 e. The van der Waals surface area contributed by atoms with Crippen molar-refractivity contribution in [1.29, 1.82) is 0 Å². The van der Waals surface area contributed by atoms with Gasteiger partial charge in [-0.15, -0.1) is 0 Å². The van der Waals surface area contributed by atoms with E-state index < -0.39 is 40.6 Å². The highest BCUT2D eigenvalue weighted by Crippen LogP contribution is 2.59. The number of carbonyl (C=O) groups excluding carboxylic acids is 1. The molecule has 46 heavy (non-hydrogen) atoms. The average molecular weight is 642 g/mol. The van der Waals surface area contributed by atoms with Crippen LogP contribution >= 0.6 is 0 Å². The van der Waals surface area contributed by atoms with Crippen molar-refractivity contribution in [3.63, 3.8) is 0 Å². The molecule has 4 N–H and O–H groups in total. The highest BCUT2D eigenvalue weighted by atomic mass is 19.2. The fourth-order valence-electron chi connectivity index (χ4n) is 8.00. The van der Waals surface area contributed by atoms with E-state index in [-0.39, 0.29) is 37.3 Å². The van der Waals surface area contributed by atoms with Gasteiger partial charge in [-0.05, 0) is 106 Å². The Hall–Kier alpha value is -2.53. The molecule has 9 heteroatoms. The number of hydrogen-bond donors (Lipinski definition) is 4. The summed E-state index contributed by atoms with van der Waals surface area (Å²) in [7, 11) is 0. The van der Waals surface area contributed by atoms with Crippen molar-refractivity contribution in [2.45, 2.75) is 101 Å². The maximum atomic E-state index is 14.3. The van der Waals surface area contributed by atoms with Crippen molar-refractivity contribution in [3.05, 3.63) is 81.9 Å². The van der Waals surface area contributed by atoms with Gasteiger partial charge in [0.2, 0.25) is 0 Å². The lowest BCUT2D eigenvalue weighted by atomic mass is 9.64. The van der Waals surface area contributed by atoms with Crippen LogP contribution in [0, 0.1) is 17.0 Å². The summed E-state index contributed by atoms with van der Waals surface area (Å²) in [5.74, 6) is -2.81. The van der Waals surface area contributed by atoms with Crippen LogP contribution in [-0.4, -0.2) is 87.9 Å². The number of halogens is 2. The van der Waals surface area contributed by atoms with Crippen LogP contribution in [0.3, 0.4) is 0 Å². The SMILES string of the molecule is CC1=CCC[C@@]2(C)[C@@H](CC[C@@]2(O)CN(C[C@H](O)CO)C[C@H]2CCCO2)c2ccc(cc2C(=O)c2ccc(F)c(F)c2)C[C@@H](O)CC1. The van der Waals surface area contributed by atoms with E-state index in [2.05, 4.69) is 19.9 Å². The van der Waals surface area contributed by atoms with Crippen molar-refractivity contribution in [2.75, 3.05) is 32.8 Å². The lowest BCUT2D eigenvalue weighted by Gasteiger charge is -2.46. The fraction of sp³-hybridized carbons (Fsp3) is 0.595. The van der Waals surface area contributed by atoms with Crippen LogP contribution in [0.4, 0.5) is 8.78 Å². The molecule has 2 aromatic carbocycles. The van der Waals surface area contributed by atoms with E-state index in [1.165, 1.54) is 11.6 Å². The molecule has 2 aromatic rings. The number of fused-ring (bicyclic) bond motifs is 8. The summed E-state index contributed by atoms with van der Waals surface area (Å²) in [6.07, 6.45) is 6.42. The van der Waals surface area contributed by atoms with E-state index in [0.29, 0.717) is 57.2 Å². The molecule has 6 atom stereocenters. The van der Waals surface area contributed by atoms with Gasteiger partial charge in [-0.25, -0.2) is 8.78 Å². The molecule has 2 bridgehead atoms. The van der Waals surface area contributed by atoms with Crippen molar-refractivity contribution in [3.8, 4) is 0 Å². The molecule has 6 rings (SSSR count). The van der Waals surface area contributed by atoms with Gasteiger partial charge in [-0.1, -0.05) is 30.7 Å². The molecule has 0 unspecified atom stereocenters. The van der Waals surface area contributed by atoms with Crippen molar-refractivity contribution in [2.24, 2.45) is 5.41 Å². The molecule has 7 nitrogen and oxygen atoms in total. The number of rotatable bonds is 9. The van der Waals surface area contributed by atoms with Crippen LogP contribution in [0.2, 0.25) is 0 Å². The Morgan fingerprint density at radius 2 is 1.91 bits per heavy atom. The average Bonchev–Trinajstić information content (AvgIpc) is 3.62. The molecule has 0 amide bonds. The summed E-state index contributed by atoms with van der Waals surface area (Å²) in [5, 5.41) is 43.6. The number of aliphatic hydroxyl groups excluding tert-OH is 3. The third kappa shape index (κ3) is 7.61. The van der Waals surface area contributed by atoms with Gasteiger partial charge in [0.25, 0.3) is 0 Å². The second kappa shape index (κ2) is 14.7. The van der Waals surface area contributed by atoms with Gasteiger partial charge in [-0.3, -0.25) is 9.69 Å². The number of nitrogens with zero attached hydrogens (tertiary/aromatic N) is 1. The third-order valence-electron chi connectivity index (χ3n) is 10.7. The van der Waals surface area contributed by atoms with Gasteiger partial charge in [-0.2, -0.15) is 0 Å². The van der Waals surface area contributed by atoms with Crippen LogP contribution in [0.1, 0.15) is 98.2 Å². The Morgan fingerprint density at radius 3 is 2.63 bits per heavy atom. The number of aliphatic hydroxyl groups is 4. The van der Waals surface area contributed by atoms with Crippen molar-refractivity contribution < 1.29 is 38.7 Å². The Balaban J connectivity index is 1.57. The Kier molecular flexibility index (Phi) is 11.1. The summed E-state index contributed by atoms with van der Waals surface area (Å²) in [6.45, 7) is 5.41. The van der Waals surface area contributed by atoms with E-state index in [9.17, 15) is 34.0 Å². The van der Waals surface area contributed by atoms with Crippen molar-refractivity contribution in [1.82, 2.24) is 4.90 Å². The summed E-state index contributed by atoms with van der Waals surface area (Å²) in [6, 6.07) is 8.78.